The topological polar surface area (TPSA) is 36.4 Å². The van der Waals surface area contributed by atoms with E-state index < -0.39 is 0 Å². The second-order valence-corrected chi connectivity index (χ2v) is 4.22. The number of guanidine groups is 1. The third-order valence-electron chi connectivity index (χ3n) is 2.33. The molecular formula is C13H20ClN3. The van der Waals surface area contributed by atoms with E-state index in [0.717, 1.165) is 29.6 Å². The summed E-state index contributed by atoms with van der Waals surface area (Å²) in [5.41, 5.74) is 2.26. The zero-order chi connectivity index (χ0) is 12.7. The summed E-state index contributed by atoms with van der Waals surface area (Å²) in [7, 11) is 0. The molecule has 1 aromatic rings. The monoisotopic (exact) mass is 253 g/mol. The molecule has 94 valence electrons. The van der Waals surface area contributed by atoms with Crippen molar-refractivity contribution in [1.29, 1.82) is 0 Å². The van der Waals surface area contributed by atoms with Gasteiger partial charge in [-0.2, -0.15) is 0 Å². The van der Waals surface area contributed by atoms with Crippen LogP contribution in [0.4, 0.5) is 0 Å². The molecular weight excluding hydrogens is 234 g/mol. The first-order valence-corrected chi connectivity index (χ1v) is 6.32. The van der Waals surface area contributed by atoms with Crippen LogP contribution in [0.1, 0.15) is 25.0 Å². The van der Waals surface area contributed by atoms with E-state index in [0.29, 0.717) is 6.54 Å². The molecule has 0 radical (unpaired) electrons. The van der Waals surface area contributed by atoms with E-state index >= 15 is 0 Å². The summed E-state index contributed by atoms with van der Waals surface area (Å²) in [6.45, 7) is 8.51. The SMILES string of the molecule is CCNC(=NCc1ccc(Cl)c(C)c1)NCC. The Morgan fingerprint density at radius 1 is 1.24 bits per heavy atom. The highest BCUT2D eigenvalue weighted by Gasteiger charge is 1.98. The second-order valence-electron chi connectivity index (χ2n) is 3.81. The van der Waals surface area contributed by atoms with E-state index in [1.165, 1.54) is 5.56 Å². The Bertz CT molecular complexity index is 380. The molecule has 0 aliphatic heterocycles. The Labute approximate surface area is 108 Å². The largest absolute Gasteiger partial charge is 0.357 e. The molecule has 0 amide bonds. The fourth-order valence-electron chi connectivity index (χ4n) is 1.48. The Hall–Kier alpha value is -1.22. The van der Waals surface area contributed by atoms with Gasteiger partial charge in [-0.05, 0) is 38.0 Å². The van der Waals surface area contributed by atoms with Crippen molar-refractivity contribution in [3.63, 3.8) is 0 Å². The maximum atomic E-state index is 5.98. The van der Waals surface area contributed by atoms with Crippen LogP contribution in [0, 0.1) is 6.92 Å². The lowest BCUT2D eigenvalue weighted by molar-refractivity contribution is 0.839. The first kappa shape index (κ1) is 13.8. The number of benzene rings is 1. The van der Waals surface area contributed by atoms with E-state index in [4.69, 9.17) is 11.6 Å². The molecule has 0 aromatic heterocycles. The van der Waals surface area contributed by atoms with Crippen LogP contribution in [-0.4, -0.2) is 19.0 Å². The number of hydrogen-bond acceptors (Lipinski definition) is 1. The van der Waals surface area contributed by atoms with Crippen molar-refractivity contribution >= 4 is 17.6 Å². The third kappa shape index (κ3) is 4.65. The molecule has 0 atom stereocenters. The summed E-state index contributed by atoms with van der Waals surface area (Å²) in [6.07, 6.45) is 0. The maximum Gasteiger partial charge on any atom is 0.191 e. The highest BCUT2D eigenvalue weighted by atomic mass is 35.5. The zero-order valence-corrected chi connectivity index (χ0v) is 11.4. The van der Waals surface area contributed by atoms with Crippen LogP contribution in [-0.2, 0) is 6.54 Å². The predicted molar refractivity (Wildman–Crippen MR) is 74.7 cm³/mol. The van der Waals surface area contributed by atoms with Crippen molar-refractivity contribution in [2.75, 3.05) is 13.1 Å². The van der Waals surface area contributed by atoms with Gasteiger partial charge >= 0.3 is 0 Å². The van der Waals surface area contributed by atoms with Gasteiger partial charge in [0, 0.05) is 18.1 Å². The van der Waals surface area contributed by atoms with Crippen LogP contribution >= 0.6 is 11.6 Å². The van der Waals surface area contributed by atoms with Gasteiger partial charge in [-0.25, -0.2) is 4.99 Å². The lowest BCUT2D eigenvalue weighted by atomic mass is 10.1. The second kappa shape index (κ2) is 7.17. The van der Waals surface area contributed by atoms with Crippen molar-refractivity contribution < 1.29 is 0 Å². The minimum atomic E-state index is 0.660. The van der Waals surface area contributed by atoms with E-state index in [-0.39, 0.29) is 0 Å². The molecule has 0 aliphatic carbocycles. The third-order valence-corrected chi connectivity index (χ3v) is 2.75. The average molecular weight is 254 g/mol. The van der Waals surface area contributed by atoms with Crippen LogP contribution < -0.4 is 10.6 Å². The predicted octanol–water partition coefficient (Wildman–Crippen LogP) is 2.72. The van der Waals surface area contributed by atoms with Gasteiger partial charge in [0.15, 0.2) is 5.96 Å². The van der Waals surface area contributed by atoms with Crippen LogP contribution in [0.2, 0.25) is 5.02 Å². The number of nitrogens with one attached hydrogen (secondary N) is 2. The summed E-state index contributed by atoms with van der Waals surface area (Å²) in [6, 6.07) is 6.00. The molecule has 0 spiro atoms. The van der Waals surface area contributed by atoms with Crippen LogP contribution in [0.5, 0.6) is 0 Å². The zero-order valence-electron chi connectivity index (χ0n) is 10.7. The molecule has 0 unspecified atom stereocenters. The molecule has 2 N–H and O–H groups in total. The molecule has 0 heterocycles. The van der Waals surface area contributed by atoms with Gasteiger partial charge in [-0.3, -0.25) is 0 Å². The summed E-state index contributed by atoms with van der Waals surface area (Å²) >= 11 is 5.98. The van der Waals surface area contributed by atoms with Gasteiger partial charge in [-0.1, -0.05) is 23.7 Å². The molecule has 1 aromatic carbocycles. The number of hydrogen-bond donors (Lipinski definition) is 2. The number of nitrogens with zero attached hydrogens (tertiary/aromatic N) is 1. The number of rotatable bonds is 4. The van der Waals surface area contributed by atoms with E-state index in [9.17, 15) is 0 Å². The molecule has 0 aliphatic rings. The molecule has 4 heteroatoms. The maximum absolute atomic E-state index is 5.98. The minimum absolute atomic E-state index is 0.660. The number of aliphatic imine (C=N–C) groups is 1. The highest BCUT2D eigenvalue weighted by molar-refractivity contribution is 6.31. The quantitative estimate of drug-likeness (QED) is 0.640. The van der Waals surface area contributed by atoms with Gasteiger partial charge in [0.05, 0.1) is 6.54 Å². The Kier molecular flexibility index (Phi) is 5.84. The summed E-state index contributed by atoms with van der Waals surface area (Å²) in [5, 5.41) is 7.19. The number of halogens is 1. The average Bonchev–Trinajstić information content (AvgIpc) is 2.31. The lowest BCUT2D eigenvalue weighted by Crippen LogP contribution is -2.36. The molecule has 0 saturated heterocycles. The Balaban J connectivity index is 2.68. The minimum Gasteiger partial charge on any atom is -0.357 e. The molecule has 0 bridgehead atoms. The van der Waals surface area contributed by atoms with Crippen molar-refractivity contribution in [3.05, 3.63) is 34.3 Å². The summed E-state index contributed by atoms with van der Waals surface area (Å²) < 4.78 is 0. The van der Waals surface area contributed by atoms with Crippen molar-refractivity contribution in [2.24, 2.45) is 4.99 Å². The number of aryl methyl sites for hydroxylation is 1. The summed E-state index contributed by atoms with van der Waals surface area (Å²) in [4.78, 5) is 4.50. The van der Waals surface area contributed by atoms with E-state index in [1.54, 1.807) is 0 Å². The normalized spacial score (nSPS) is 9.88. The molecule has 1 rings (SSSR count). The molecule has 17 heavy (non-hydrogen) atoms. The van der Waals surface area contributed by atoms with Crippen LogP contribution in [0.25, 0.3) is 0 Å². The molecule has 3 nitrogen and oxygen atoms in total. The standard InChI is InChI=1S/C13H20ClN3/c1-4-15-13(16-5-2)17-9-11-6-7-12(14)10(3)8-11/h6-8H,4-5,9H2,1-3H3,(H2,15,16,17). The molecule has 0 saturated carbocycles. The van der Waals surface area contributed by atoms with Gasteiger partial charge in [0.25, 0.3) is 0 Å². The van der Waals surface area contributed by atoms with Gasteiger partial charge in [0.2, 0.25) is 0 Å². The van der Waals surface area contributed by atoms with Gasteiger partial charge in [-0.15, -0.1) is 0 Å². The van der Waals surface area contributed by atoms with E-state index in [1.807, 2.05) is 19.1 Å². The van der Waals surface area contributed by atoms with Crippen molar-refractivity contribution in [1.82, 2.24) is 10.6 Å². The fraction of sp³-hybridized carbons (Fsp3) is 0.462. The summed E-state index contributed by atoms with van der Waals surface area (Å²) in [5.74, 6) is 0.850. The molecule has 0 fully saturated rings. The van der Waals surface area contributed by atoms with E-state index in [2.05, 4.69) is 35.5 Å². The van der Waals surface area contributed by atoms with Crippen LogP contribution in [0.3, 0.4) is 0 Å². The van der Waals surface area contributed by atoms with Gasteiger partial charge in [0.1, 0.15) is 0 Å². The van der Waals surface area contributed by atoms with Gasteiger partial charge < -0.3 is 10.6 Å². The first-order chi connectivity index (χ1) is 8.17. The lowest BCUT2D eigenvalue weighted by Gasteiger charge is -2.09. The smallest absolute Gasteiger partial charge is 0.191 e. The Morgan fingerprint density at radius 2 is 1.88 bits per heavy atom. The van der Waals surface area contributed by atoms with Crippen LogP contribution in [0.15, 0.2) is 23.2 Å². The first-order valence-electron chi connectivity index (χ1n) is 5.94. The van der Waals surface area contributed by atoms with Crippen molar-refractivity contribution in [2.45, 2.75) is 27.3 Å². The highest BCUT2D eigenvalue weighted by Crippen LogP contribution is 2.16. The van der Waals surface area contributed by atoms with Crippen molar-refractivity contribution in [3.8, 4) is 0 Å². The Morgan fingerprint density at radius 3 is 2.41 bits per heavy atom. The fourth-order valence-corrected chi connectivity index (χ4v) is 1.60.